The van der Waals surface area contributed by atoms with Crippen molar-refractivity contribution in [1.82, 2.24) is 4.90 Å². The summed E-state index contributed by atoms with van der Waals surface area (Å²) >= 11 is 3.17. The summed E-state index contributed by atoms with van der Waals surface area (Å²) in [6.07, 6.45) is 13.6. The molecule has 0 unspecified atom stereocenters. The van der Waals surface area contributed by atoms with Crippen molar-refractivity contribution in [3.05, 3.63) is 76.2 Å². The van der Waals surface area contributed by atoms with Gasteiger partial charge in [0.05, 0.1) is 10.1 Å². The lowest BCUT2D eigenvalue weighted by atomic mass is 9.90. The number of carbonyl (C=O) groups is 2. The highest BCUT2D eigenvalue weighted by molar-refractivity contribution is 9.10. The fourth-order valence-corrected chi connectivity index (χ4v) is 2.89. The number of terminal acetylenes is 1. The molecule has 7 heteroatoms. The molecule has 0 bridgehead atoms. The summed E-state index contributed by atoms with van der Waals surface area (Å²) in [5.41, 5.74) is 2.17. The van der Waals surface area contributed by atoms with Crippen LogP contribution in [0.15, 0.2) is 59.3 Å². The van der Waals surface area contributed by atoms with Gasteiger partial charge in [0.25, 0.3) is 0 Å². The zero-order valence-electron chi connectivity index (χ0n) is 21.2. The molecule has 2 N–H and O–H groups in total. The van der Waals surface area contributed by atoms with Crippen LogP contribution in [0, 0.1) is 25.6 Å². The summed E-state index contributed by atoms with van der Waals surface area (Å²) in [5, 5.41) is 15.5. The lowest BCUT2D eigenvalue weighted by Crippen LogP contribution is -2.25. The van der Waals surface area contributed by atoms with Crippen LogP contribution < -0.4 is 0 Å². The van der Waals surface area contributed by atoms with E-state index in [1.54, 1.807) is 65.1 Å². The smallest absolute Gasteiger partial charge is 0.223 e. The summed E-state index contributed by atoms with van der Waals surface area (Å²) in [7, 11) is 2.58. The molecule has 0 saturated carbocycles. The van der Waals surface area contributed by atoms with E-state index in [1.165, 1.54) is 11.8 Å². The van der Waals surface area contributed by atoms with Gasteiger partial charge in [-0.05, 0) is 66.4 Å². The lowest BCUT2D eigenvalue weighted by Gasteiger charge is -2.24. The van der Waals surface area contributed by atoms with Gasteiger partial charge in [0.2, 0.25) is 5.91 Å². The largest absolute Gasteiger partial charge is 0.400 e. The maximum atomic E-state index is 14.4. The molecule has 0 saturated heterocycles. The molecule has 0 radical (unpaired) electrons. The molecule has 1 amide bonds. The molecule has 0 aliphatic rings. The number of nitrogens with zero attached hydrogens (tertiary/aromatic N) is 1. The Morgan fingerprint density at radius 1 is 1.24 bits per heavy atom. The van der Waals surface area contributed by atoms with Crippen molar-refractivity contribution in [2.24, 2.45) is 0 Å². The summed E-state index contributed by atoms with van der Waals surface area (Å²) < 4.78 is 14.8. The van der Waals surface area contributed by atoms with Crippen molar-refractivity contribution in [2.45, 2.75) is 46.6 Å². The third-order valence-corrected chi connectivity index (χ3v) is 4.47. The van der Waals surface area contributed by atoms with Gasteiger partial charge >= 0.3 is 0 Å². The molecule has 0 heterocycles. The van der Waals surface area contributed by atoms with Gasteiger partial charge in [0.1, 0.15) is 12.1 Å². The first-order chi connectivity index (χ1) is 15.8. The van der Waals surface area contributed by atoms with E-state index in [4.69, 9.17) is 10.2 Å². The van der Waals surface area contributed by atoms with Crippen molar-refractivity contribution < 1.29 is 24.2 Å². The predicted octanol–water partition coefficient (Wildman–Crippen LogP) is 5.61. The Bertz CT molecular complexity index is 903. The molecule has 1 aromatic carbocycles. The third-order valence-electron chi connectivity index (χ3n) is 3.86. The highest BCUT2D eigenvalue weighted by atomic mass is 79.9. The molecule has 0 fully saturated rings. The van der Waals surface area contributed by atoms with Gasteiger partial charge in [-0.1, -0.05) is 37.5 Å². The quantitative estimate of drug-likeness (QED) is 0.269. The van der Waals surface area contributed by atoms with E-state index in [0.717, 1.165) is 7.11 Å². The Balaban J connectivity index is -0.000000923. The monoisotopic (exact) mass is 537 g/mol. The van der Waals surface area contributed by atoms with Gasteiger partial charge in [-0.2, -0.15) is 0 Å². The van der Waals surface area contributed by atoms with E-state index >= 15 is 0 Å². The predicted molar refractivity (Wildman–Crippen MR) is 143 cm³/mol. The molecule has 1 aromatic rings. The van der Waals surface area contributed by atoms with Crippen molar-refractivity contribution >= 4 is 33.7 Å². The topological polar surface area (TPSA) is 77.8 Å². The second kappa shape index (κ2) is 18.6. The zero-order valence-corrected chi connectivity index (χ0v) is 22.7. The van der Waals surface area contributed by atoms with Crippen LogP contribution in [0.5, 0.6) is 0 Å². The van der Waals surface area contributed by atoms with Crippen molar-refractivity contribution in [3.63, 3.8) is 0 Å². The summed E-state index contributed by atoms with van der Waals surface area (Å²) in [6.45, 7) is 15.8. The average molecular weight is 538 g/mol. The van der Waals surface area contributed by atoms with E-state index < -0.39 is 11.4 Å². The Morgan fingerprint density at radius 2 is 1.71 bits per heavy atom. The van der Waals surface area contributed by atoms with Gasteiger partial charge in [-0.25, -0.2) is 4.39 Å². The van der Waals surface area contributed by atoms with Crippen LogP contribution in [0.1, 0.15) is 45.2 Å². The molecule has 1 rings (SSSR count). The zero-order chi connectivity index (χ0) is 27.6. The van der Waals surface area contributed by atoms with Gasteiger partial charge in [0.15, 0.2) is 0 Å². The Kier molecular flexibility index (Phi) is 19.6. The first-order valence-corrected chi connectivity index (χ1v) is 10.9. The molecular formula is C27H37BrFNO4. The minimum atomic E-state index is -0.500. The summed E-state index contributed by atoms with van der Waals surface area (Å²) in [4.78, 5) is 24.5. The maximum absolute atomic E-state index is 14.4. The summed E-state index contributed by atoms with van der Waals surface area (Å²) in [5.74, 6) is -0.625. The van der Waals surface area contributed by atoms with E-state index in [-0.39, 0.29) is 12.3 Å². The second-order valence-electron chi connectivity index (χ2n) is 7.54. The first-order valence-electron chi connectivity index (χ1n) is 10.1. The SMILES string of the molecule is C#C.C=C/C=C(C=C)/C(=C(/CC=O)N(C)C(C)=O)c1ccc(Br)c(F)c1C.CC(C)(C)O.CO. The van der Waals surface area contributed by atoms with Crippen LogP contribution in [0.4, 0.5) is 4.39 Å². The number of aldehydes is 1. The Morgan fingerprint density at radius 3 is 2.06 bits per heavy atom. The normalized spacial score (nSPS) is 11.0. The number of aliphatic hydroxyl groups excluding tert-OH is 1. The third kappa shape index (κ3) is 13.0. The molecule has 5 nitrogen and oxygen atoms in total. The number of benzene rings is 1. The van der Waals surface area contributed by atoms with Crippen molar-refractivity contribution in [1.29, 1.82) is 0 Å². The molecule has 0 aliphatic carbocycles. The van der Waals surface area contributed by atoms with Crippen LogP contribution in [0.25, 0.3) is 5.57 Å². The number of aliphatic hydroxyl groups is 2. The fourth-order valence-electron chi connectivity index (χ4n) is 2.46. The lowest BCUT2D eigenvalue weighted by molar-refractivity contribution is -0.125. The van der Waals surface area contributed by atoms with Crippen LogP contribution >= 0.6 is 15.9 Å². The Hall–Kier alpha value is -2.79. The van der Waals surface area contributed by atoms with Crippen LogP contribution in [0.3, 0.4) is 0 Å². The fraction of sp³-hybridized carbons (Fsp3) is 0.333. The van der Waals surface area contributed by atoms with E-state index in [9.17, 15) is 14.0 Å². The first kappa shape index (κ1) is 35.8. The standard InChI is InChI=1S/C20H21BrFNO2.C4H10O.C2H2.CH4O/c1-6-8-15(7-2)19(18(11-12-24)23(5)14(4)25)16-9-10-17(21)20(22)13(16)3;1-4(2,3)5;2*1-2/h6-10,12H,1-2,11H2,3-5H3;5H,1-3H3;1-2H;2H,1H3/b15-8+,19-18+;;;. The van der Waals surface area contributed by atoms with Crippen molar-refractivity contribution in [3.8, 4) is 12.8 Å². The number of rotatable bonds is 7. The van der Waals surface area contributed by atoms with E-state index in [2.05, 4.69) is 41.9 Å². The van der Waals surface area contributed by atoms with E-state index in [1.807, 2.05) is 0 Å². The molecule has 0 aromatic heterocycles. The summed E-state index contributed by atoms with van der Waals surface area (Å²) in [6, 6.07) is 3.34. The Labute approximate surface area is 212 Å². The molecule has 0 atom stereocenters. The maximum Gasteiger partial charge on any atom is 0.223 e. The van der Waals surface area contributed by atoms with Crippen molar-refractivity contribution in [2.75, 3.05) is 14.2 Å². The number of hydrogen-bond donors (Lipinski definition) is 2. The highest BCUT2D eigenvalue weighted by Crippen LogP contribution is 2.35. The number of allylic oxidation sites excluding steroid dienone is 6. The van der Waals surface area contributed by atoms with Crippen LogP contribution in [-0.4, -0.2) is 47.1 Å². The van der Waals surface area contributed by atoms with Gasteiger partial charge in [-0.3, -0.25) is 4.79 Å². The molecule has 188 valence electrons. The minimum absolute atomic E-state index is 0.00482. The van der Waals surface area contributed by atoms with Gasteiger partial charge in [-0.15, -0.1) is 12.8 Å². The second-order valence-corrected chi connectivity index (χ2v) is 8.39. The average Bonchev–Trinajstić information content (AvgIpc) is 2.78. The minimum Gasteiger partial charge on any atom is -0.400 e. The molecular weight excluding hydrogens is 501 g/mol. The number of carbonyl (C=O) groups excluding carboxylic acids is 2. The highest BCUT2D eigenvalue weighted by Gasteiger charge is 2.21. The molecule has 0 aliphatic heterocycles. The molecule has 0 spiro atoms. The van der Waals surface area contributed by atoms with Gasteiger partial charge in [0, 0.05) is 38.8 Å². The van der Waals surface area contributed by atoms with Gasteiger partial charge < -0.3 is 19.9 Å². The number of amides is 1. The number of hydrogen-bond acceptors (Lipinski definition) is 4. The van der Waals surface area contributed by atoms with E-state index in [0.29, 0.717) is 38.7 Å². The van der Waals surface area contributed by atoms with Crippen LogP contribution in [0.2, 0.25) is 0 Å². The van der Waals surface area contributed by atoms with Crippen LogP contribution in [-0.2, 0) is 9.59 Å². The molecule has 34 heavy (non-hydrogen) atoms. The number of halogens is 2.